The van der Waals surface area contributed by atoms with Gasteiger partial charge in [-0.3, -0.25) is 9.80 Å². The van der Waals surface area contributed by atoms with Gasteiger partial charge in [-0.05, 0) is 88.2 Å². The van der Waals surface area contributed by atoms with Crippen molar-refractivity contribution >= 4 is 33.7 Å². The fraction of sp³-hybridized carbons (Fsp3) is 0.286. The summed E-state index contributed by atoms with van der Waals surface area (Å²) in [6.45, 7) is 7.36. The highest BCUT2D eigenvalue weighted by Crippen LogP contribution is 2.35. The zero-order chi connectivity index (χ0) is 22.3. The lowest BCUT2D eigenvalue weighted by molar-refractivity contribution is 0.204. The summed E-state index contributed by atoms with van der Waals surface area (Å²) in [7, 11) is 2.15. The van der Waals surface area contributed by atoms with E-state index in [1.54, 1.807) is 0 Å². The summed E-state index contributed by atoms with van der Waals surface area (Å²) in [5.74, 6) is 0.925. The van der Waals surface area contributed by atoms with Crippen LogP contribution in [0.4, 0.5) is 0 Å². The summed E-state index contributed by atoms with van der Waals surface area (Å²) >= 11 is 2.37. The molecule has 0 unspecified atom stereocenters. The van der Waals surface area contributed by atoms with E-state index in [0.29, 0.717) is 6.61 Å². The summed E-state index contributed by atoms with van der Waals surface area (Å²) in [6.07, 6.45) is 0.965. The molecule has 3 aromatic rings. The van der Waals surface area contributed by atoms with Crippen molar-refractivity contribution in [3.05, 3.63) is 99.1 Å². The fourth-order valence-electron chi connectivity index (χ4n) is 3.96. The van der Waals surface area contributed by atoms with Crippen LogP contribution in [0.15, 0.2) is 78.9 Å². The maximum Gasteiger partial charge on any atom is 0.119 e. The molecule has 1 heterocycles. The van der Waals surface area contributed by atoms with Crippen LogP contribution in [0.25, 0.3) is 11.1 Å². The Hall–Kier alpha value is -2.15. The number of allylic oxidation sites excluding steroid dienone is 1. The van der Waals surface area contributed by atoms with Crippen LogP contribution in [0.1, 0.15) is 30.0 Å². The normalized spacial score (nSPS) is 14.4. The first kappa shape index (κ1) is 23.0. The molecule has 1 aliphatic heterocycles. The van der Waals surface area contributed by atoms with Crippen LogP contribution in [0.2, 0.25) is 0 Å². The molecule has 0 aromatic heterocycles. The summed E-state index contributed by atoms with van der Waals surface area (Å²) in [5.41, 5.74) is 6.39. The Morgan fingerprint density at radius 2 is 1.50 bits per heavy atom. The number of hydrogen-bond donors (Lipinski definition) is 0. The molecule has 3 nitrogen and oxygen atoms in total. The molecule has 0 atom stereocenters. The second-order valence-electron chi connectivity index (χ2n) is 8.29. The lowest BCUT2D eigenvalue weighted by Gasteiger charge is -2.18. The van der Waals surface area contributed by atoms with Gasteiger partial charge in [0.15, 0.2) is 0 Å². The van der Waals surface area contributed by atoms with Gasteiger partial charge in [-0.25, -0.2) is 0 Å². The van der Waals surface area contributed by atoms with Crippen molar-refractivity contribution in [3.8, 4) is 5.75 Å². The van der Waals surface area contributed by atoms with Crippen LogP contribution in [-0.4, -0.2) is 49.8 Å². The highest BCUT2D eigenvalue weighted by Gasteiger charge is 2.18. The average molecular weight is 538 g/mol. The molecule has 32 heavy (non-hydrogen) atoms. The molecule has 0 bridgehead atoms. The van der Waals surface area contributed by atoms with Gasteiger partial charge in [-0.2, -0.15) is 0 Å². The molecule has 1 aliphatic rings. The first-order valence-corrected chi connectivity index (χ1v) is 12.4. The van der Waals surface area contributed by atoms with Crippen LogP contribution < -0.4 is 4.74 Å². The first-order valence-electron chi connectivity index (χ1n) is 11.3. The number of hydrogen-bond acceptors (Lipinski definition) is 3. The highest BCUT2D eigenvalue weighted by molar-refractivity contribution is 14.1. The maximum absolute atomic E-state index is 6.03. The number of nitrogens with zero attached hydrogens (tertiary/aromatic N) is 2. The van der Waals surface area contributed by atoms with E-state index in [-0.39, 0.29) is 0 Å². The summed E-state index contributed by atoms with van der Waals surface area (Å²) < 4.78 is 7.28. The largest absolute Gasteiger partial charge is 0.492 e. The molecule has 1 saturated heterocycles. The third-order valence-corrected chi connectivity index (χ3v) is 6.50. The molecule has 0 radical (unpaired) electrons. The second kappa shape index (κ2) is 11.1. The van der Waals surface area contributed by atoms with Gasteiger partial charge in [0.05, 0.1) is 6.67 Å². The maximum atomic E-state index is 6.03. The molecule has 166 valence electrons. The lowest BCUT2D eigenvalue weighted by Crippen LogP contribution is -2.29. The third-order valence-electron chi connectivity index (χ3n) is 5.78. The number of rotatable bonds is 10. The monoisotopic (exact) mass is 538 g/mol. The van der Waals surface area contributed by atoms with E-state index in [4.69, 9.17) is 4.74 Å². The van der Waals surface area contributed by atoms with Crippen LogP contribution in [0.5, 0.6) is 5.75 Å². The third kappa shape index (κ3) is 6.21. The van der Waals surface area contributed by atoms with E-state index in [2.05, 4.69) is 125 Å². The fourth-order valence-corrected chi connectivity index (χ4v) is 4.32. The zero-order valence-electron chi connectivity index (χ0n) is 18.9. The number of likely N-dealkylation sites (N-methyl/N-ethyl adjacent to an activating group) is 1. The Balaban J connectivity index is 1.57. The predicted molar refractivity (Wildman–Crippen MR) is 143 cm³/mol. The Kier molecular flexibility index (Phi) is 8.00. The molecule has 4 rings (SSSR count). The zero-order valence-corrected chi connectivity index (χ0v) is 21.1. The summed E-state index contributed by atoms with van der Waals surface area (Å²) in [5, 5.41) is 0. The molecule has 4 heteroatoms. The Morgan fingerprint density at radius 3 is 2.09 bits per heavy atom. The molecule has 1 fully saturated rings. The van der Waals surface area contributed by atoms with E-state index in [9.17, 15) is 0 Å². The minimum Gasteiger partial charge on any atom is -0.492 e. The molecule has 0 saturated carbocycles. The van der Waals surface area contributed by atoms with Gasteiger partial charge in [0.1, 0.15) is 12.4 Å². The number of ether oxygens (including phenoxy) is 1. The van der Waals surface area contributed by atoms with Crippen LogP contribution in [-0.2, 0) is 0 Å². The molecular weight excluding hydrogens is 507 g/mol. The Labute approximate surface area is 205 Å². The molecular formula is C28H31IN2O. The number of benzene rings is 3. The minimum absolute atomic E-state index is 0.702. The van der Waals surface area contributed by atoms with Gasteiger partial charge in [-0.1, -0.05) is 61.5 Å². The van der Waals surface area contributed by atoms with Gasteiger partial charge in [0.2, 0.25) is 0 Å². The van der Waals surface area contributed by atoms with Crippen LogP contribution >= 0.6 is 22.6 Å². The van der Waals surface area contributed by atoms with E-state index in [1.807, 2.05) is 0 Å². The molecule has 0 spiro atoms. The molecule has 0 aliphatic carbocycles. The molecule has 3 aromatic carbocycles. The van der Waals surface area contributed by atoms with E-state index in [0.717, 1.165) is 25.4 Å². The van der Waals surface area contributed by atoms with E-state index >= 15 is 0 Å². The first-order chi connectivity index (χ1) is 15.6. The van der Waals surface area contributed by atoms with Gasteiger partial charge in [-0.15, -0.1) is 0 Å². The van der Waals surface area contributed by atoms with Crippen LogP contribution in [0, 0.1) is 3.57 Å². The second-order valence-corrected chi connectivity index (χ2v) is 9.54. The standard InChI is InChI=1S/C28H31IN2O/c1-3-27(22-7-5-4-6-8-22)28(23-9-13-25(29)14-10-23)24-11-15-26(16-12-24)32-20-19-30(2)21-31-17-18-31/h4-16H,3,17-21H2,1-2H3/b28-27-. The van der Waals surface area contributed by atoms with Crippen molar-refractivity contribution in [1.29, 1.82) is 0 Å². The summed E-state index contributed by atoms with van der Waals surface area (Å²) in [6, 6.07) is 28.1. The van der Waals surface area contributed by atoms with Crippen molar-refractivity contribution in [3.63, 3.8) is 0 Å². The summed E-state index contributed by atoms with van der Waals surface area (Å²) in [4.78, 5) is 4.72. The average Bonchev–Trinajstić information content (AvgIpc) is 3.63. The predicted octanol–water partition coefficient (Wildman–Crippen LogP) is 6.24. The molecule has 0 amide bonds. The van der Waals surface area contributed by atoms with Crippen molar-refractivity contribution in [2.24, 2.45) is 0 Å². The lowest BCUT2D eigenvalue weighted by atomic mass is 9.88. The van der Waals surface area contributed by atoms with E-state index in [1.165, 1.54) is 44.5 Å². The van der Waals surface area contributed by atoms with Gasteiger partial charge >= 0.3 is 0 Å². The molecule has 0 N–H and O–H groups in total. The highest BCUT2D eigenvalue weighted by atomic mass is 127. The van der Waals surface area contributed by atoms with Gasteiger partial charge in [0.25, 0.3) is 0 Å². The Morgan fingerprint density at radius 1 is 0.875 bits per heavy atom. The van der Waals surface area contributed by atoms with Crippen molar-refractivity contribution in [2.75, 3.05) is 40.0 Å². The Bertz CT molecular complexity index is 1030. The minimum atomic E-state index is 0.702. The quantitative estimate of drug-likeness (QED) is 0.173. The van der Waals surface area contributed by atoms with Crippen molar-refractivity contribution in [2.45, 2.75) is 13.3 Å². The van der Waals surface area contributed by atoms with Crippen LogP contribution in [0.3, 0.4) is 0 Å². The topological polar surface area (TPSA) is 15.5 Å². The smallest absolute Gasteiger partial charge is 0.119 e. The van der Waals surface area contributed by atoms with Gasteiger partial charge < -0.3 is 4.74 Å². The van der Waals surface area contributed by atoms with Gasteiger partial charge in [0, 0.05) is 23.2 Å². The SMILES string of the molecule is CC/C(=C(\c1ccc(I)cc1)c1ccc(OCCN(C)CN2CC2)cc1)c1ccccc1. The number of halogens is 1. The van der Waals surface area contributed by atoms with E-state index < -0.39 is 0 Å². The van der Waals surface area contributed by atoms with Crippen molar-refractivity contribution in [1.82, 2.24) is 9.80 Å². The van der Waals surface area contributed by atoms with Crippen molar-refractivity contribution < 1.29 is 4.74 Å².